The van der Waals surface area contributed by atoms with Crippen LogP contribution in [0.2, 0.25) is 0 Å². The van der Waals surface area contributed by atoms with Gasteiger partial charge in [-0.25, -0.2) is 0 Å². The van der Waals surface area contributed by atoms with Crippen molar-refractivity contribution in [3.8, 4) is 5.88 Å². The van der Waals surface area contributed by atoms with Gasteiger partial charge in [0.1, 0.15) is 0 Å². The third kappa shape index (κ3) is 2.47. The Hall–Kier alpha value is -1.81. The number of nitrogens with zero attached hydrogens (tertiary/aromatic N) is 1. The Bertz CT molecular complexity index is 544. The van der Waals surface area contributed by atoms with E-state index >= 15 is 0 Å². The van der Waals surface area contributed by atoms with Crippen LogP contribution < -0.4 is 0 Å². The smallest absolute Gasteiger partial charge is 0.198 e. The van der Waals surface area contributed by atoms with E-state index in [2.05, 4.69) is 9.98 Å². The summed E-state index contributed by atoms with van der Waals surface area (Å²) in [5.74, 6) is 0.159. The molecule has 0 unspecified atom stereocenters. The van der Waals surface area contributed by atoms with E-state index in [1.54, 1.807) is 13.3 Å². The van der Waals surface area contributed by atoms with Crippen LogP contribution in [0.3, 0.4) is 0 Å². The zero-order valence-corrected chi connectivity index (χ0v) is 10.0. The van der Waals surface area contributed by atoms with Gasteiger partial charge in [0.2, 0.25) is 0 Å². The Balaban J connectivity index is 2.35. The number of hydrogen-bond donors (Lipinski definition) is 2. The number of benzene rings is 1. The summed E-state index contributed by atoms with van der Waals surface area (Å²) in [7, 11) is 1.64. The molecule has 0 bridgehead atoms. The van der Waals surface area contributed by atoms with E-state index in [1.807, 2.05) is 25.1 Å². The van der Waals surface area contributed by atoms with Crippen molar-refractivity contribution in [1.29, 1.82) is 0 Å². The maximum Gasteiger partial charge on any atom is 0.198 e. The molecule has 0 saturated heterocycles. The molecule has 0 amide bonds. The van der Waals surface area contributed by atoms with Gasteiger partial charge in [0.05, 0.1) is 18.7 Å². The summed E-state index contributed by atoms with van der Waals surface area (Å²) in [6.45, 7) is 3.20. The minimum absolute atomic E-state index is 0.159. The van der Waals surface area contributed by atoms with Crippen molar-refractivity contribution < 1.29 is 9.84 Å². The molecular weight excluding hydrogens is 216 g/mol. The highest BCUT2D eigenvalue weighted by atomic mass is 16.5. The van der Waals surface area contributed by atoms with Crippen molar-refractivity contribution in [3.05, 3.63) is 29.3 Å². The van der Waals surface area contributed by atoms with Crippen molar-refractivity contribution in [2.75, 3.05) is 20.3 Å². The highest BCUT2D eigenvalue weighted by Gasteiger charge is 2.08. The predicted molar refractivity (Wildman–Crippen MR) is 69.0 cm³/mol. The summed E-state index contributed by atoms with van der Waals surface area (Å²) in [4.78, 5) is 7.14. The van der Waals surface area contributed by atoms with E-state index in [4.69, 9.17) is 4.74 Å². The van der Waals surface area contributed by atoms with Gasteiger partial charge in [-0.05, 0) is 19.1 Å². The molecular formula is C13H16N2O2. The Morgan fingerprint density at radius 1 is 1.47 bits per heavy atom. The van der Waals surface area contributed by atoms with Gasteiger partial charge in [0, 0.05) is 24.2 Å². The number of aromatic amines is 1. The zero-order valence-electron chi connectivity index (χ0n) is 10.0. The summed E-state index contributed by atoms with van der Waals surface area (Å²) in [5.41, 5.74) is 2.81. The van der Waals surface area contributed by atoms with Gasteiger partial charge < -0.3 is 14.8 Å². The van der Waals surface area contributed by atoms with E-state index in [9.17, 15) is 5.11 Å². The number of H-pyrrole nitrogens is 1. The quantitative estimate of drug-likeness (QED) is 0.627. The first-order chi connectivity index (χ1) is 8.22. The molecule has 90 valence electrons. The molecule has 4 heteroatoms. The molecule has 0 saturated carbocycles. The number of aliphatic imine (C=N–C) groups is 1. The lowest BCUT2D eigenvalue weighted by atomic mass is 10.1. The Morgan fingerprint density at radius 3 is 3.06 bits per heavy atom. The molecule has 0 aliphatic carbocycles. The number of fused-ring (bicyclic) bond motifs is 1. The van der Waals surface area contributed by atoms with E-state index in [0.717, 1.165) is 22.0 Å². The maximum absolute atomic E-state index is 9.80. The third-order valence-corrected chi connectivity index (χ3v) is 2.62. The number of nitrogens with one attached hydrogen (secondary N) is 1. The summed E-state index contributed by atoms with van der Waals surface area (Å²) < 4.78 is 4.91. The minimum atomic E-state index is 0.159. The molecule has 0 aliphatic rings. The van der Waals surface area contributed by atoms with Gasteiger partial charge in [-0.1, -0.05) is 11.6 Å². The lowest BCUT2D eigenvalue weighted by Crippen LogP contribution is -1.93. The summed E-state index contributed by atoms with van der Waals surface area (Å²) in [6.07, 6.45) is 1.69. The second kappa shape index (κ2) is 5.01. The van der Waals surface area contributed by atoms with Gasteiger partial charge in [-0.3, -0.25) is 4.99 Å². The molecule has 1 heterocycles. The van der Waals surface area contributed by atoms with Crippen molar-refractivity contribution in [3.63, 3.8) is 0 Å². The summed E-state index contributed by atoms with van der Waals surface area (Å²) >= 11 is 0. The lowest BCUT2D eigenvalue weighted by Gasteiger charge is -1.95. The number of ether oxygens (including phenoxy) is 1. The van der Waals surface area contributed by atoms with E-state index in [1.165, 1.54) is 0 Å². The monoisotopic (exact) mass is 232 g/mol. The van der Waals surface area contributed by atoms with Crippen molar-refractivity contribution in [2.24, 2.45) is 4.99 Å². The number of methoxy groups -OCH3 is 1. The summed E-state index contributed by atoms with van der Waals surface area (Å²) in [5, 5.41) is 10.8. The number of aromatic hydroxyl groups is 1. The number of rotatable bonds is 4. The Morgan fingerprint density at radius 2 is 2.29 bits per heavy atom. The SMILES string of the molecule is COCCN=Cc1c(O)[nH]c2ccc(C)cc12. The van der Waals surface area contributed by atoms with Crippen LogP contribution in [0.15, 0.2) is 23.2 Å². The van der Waals surface area contributed by atoms with Gasteiger partial charge in [-0.2, -0.15) is 0 Å². The zero-order chi connectivity index (χ0) is 12.3. The van der Waals surface area contributed by atoms with Crippen LogP contribution in [0, 0.1) is 6.92 Å². The molecule has 2 rings (SSSR count). The molecule has 1 aromatic carbocycles. The average Bonchev–Trinajstić information content (AvgIpc) is 2.61. The second-order valence-electron chi connectivity index (χ2n) is 3.96. The van der Waals surface area contributed by atoms with Gasteiger partial charge >= 0.3 is 0 Å². The van der Waals surface area contributed by atoms with Crippen molar-refractivity contribution in [2.45, 2.75) is 6.92 Å². The Kier molecular flexibility index (Phi) is 3.44. The van der Waals surface area contributed by atoms with Crippen molar-refractivity contribution >= 4 is 17.1 Å². The predicted octanol–water partition coefficient (Wildman–Crippen LogP) is 2.25. The summed E-state index contributed by atoms with van der Waals surface area (Å²) in [6, 6.07) is 5.99. The molecule has 1 aromatic heterocycles. The first-order valence-corrected chi connectivity index (χ1v) is 5.52. The van der Waals surface area contributed by atoms with Crippen LogP contribution in [-0.2, 0) is 4.74 Å². The van der Waals surface area contributed by atoms with E-state index in [-0.39, 0.29) is 5.88 Å². The second-order valence-corrected chi connectivity index (χ2v) is 3.96. The van der Waals surface area contributed by atoms with Crippen LogP contribution >= 0.6 is 0 Å². The highest BCUT2D eigenvalue weighted by molar-refractivity contribution is 6.02. The molecule has 2 N–H and O–H groups in total. The number of hydrogen-bond acceptors (Lipinski definition) is 3. The van der Waals surface area contributed by atoms with Crippen LogP contribution in [0.25, 0.3) is 10.9 Å². The van der Waals surface area contributed by atoms with Crippen LogP contribution in [0.1, 0.15) is 11.1 Å². The van der Waals surface area contributed by atoms with E-state index < -0.39 is 0 Å². The van der Waals surface area contributed by atoms with E-state index in [0.29, 0.717) is 13.2 Å². The first-order valence-electron chi connectivity index (χ1n) is 5.52. The molecule has 0 radical (unpaired) electrons. The molecule has 2 aromatic rings. The fourth-order valence-electron chi connectivity index (χ4n) is 1.74. The number of aromatic nitrogens is 1. The van der Waals surface area contributed by atoms with Gasteiger partial charge in [0.15, 0.2) is 5.88 Å². The van der Waals surface area contributed by atoms with Crippen molar-refractivity contribution in [1.82, 2.24) is 4.98 Å². The molecule has 0 aliphatic heterocycles. The topological polar surface area (TPSA) is 57.6 Å². The fraction of sp³-hybridized carbons (Fsp3) is 0.308. The fourth-order valence-corrected chi connectivity index (χ4v) is 1.74. The van der Waals surface area contributed by atoms with Gasteiger partial charge in [0.25, 0.3) is 0 Å². The first kappa shape index (κ1) is 11.7. The molecule has 0 spiro atoms. The molecule has 4 nitrogen and oxygen atoms in total. The van der Waals surface area contributed by atoms with Crippen LogP contribution in [0.5, 0.6) is 5.88 Å². The Labute approximate surface area is 100.0 Å². The van der Waals surface area contributed by atoms with Crippen LogP contribution in [-0.4, -0.2) is 36.6 Å². The minimum Gasteiger partial charge on any atom is -0.494 e. The molecule has 0 fully saturated rings. The highest BCUT2D eigenvalue weighted by Crippen LogP contribution is 2.26. The van der Waals surface area contributed by atoms with Gasteiger partial charge in [-0.15, -0.1) is 0 Å². The largest absolute Gasteiger partial charge is 0.494 e. The lowest BCUT2D eigenvalue weighted by molar-refractivity contribution is 0.208. The average molecular weight is 232 g/mol. The third-order valence-electron chi connectivity index (χ3n) is 2.62. The number of aryl methyl sites for hydroxylation is 1. The molecule has 17 heavy (non-hydrogen) atoms. The normalized spacial score (nSPS) is 11.6. The molecule has 0 atom stereocenters. The maximum atomic E-state index is 9.80. The van der Waals surface area contributed by atoms with Crippen LogP contribution in [0.4, 0.5) is 0 Å². The standard InChI is InChI=1S/C13H16N2O2/c1-9-3-4-12-10(7-9)11(13(16)15-12)8-14-5-6-17-2/h3-4,7-8,15-16H,5-6H2,1-2H3.